The van der Waals surface area contributed by atoms with Crippen molar-refractivity contribution < 1.29 is 0 Å². The second-order valence-corrected chi connectivity index (χ2v) is 7.72. The summed E-state index contributed by atoms with van der Waals surface area (Å²) in [5, 5.41) is 0. The van der Waals surface area contributed by atoms with E-state index < -0.39 is 0 Å². The van der Waals surface area contributed by atoms with E-state index in [-0.39, 0.29) is 0 Å². The summed E-state index contributed by atoms with van der Waals surface area (Å²) in [6.07, 6.45) is 2.85. The van der Waals surface area contributed by atoms with Gasteiger partial charge in [0.15, 0.2) is 0 Å². The maximum absolute atomic E-state index is 2.75. The van der Waals surface area contributed by atoms with Crippen LogP contribution in [0.15, 0.2) is 0 Å². The number of piperidine rings is 2. The quantitative estimate of drug-likeness (QED) is 0.769. The Morgan fingerprint density at radius 3 is 1.86 bits per heavy atom. The first-order valence-electron chi connectivity index (χ1n) is 9.38. The van der Waals surface area contributed by atoms with Gasteiger partial charge >= 0.3 is 0 Å². The van der Waals surface area contributed by atoms with Gasteiger partial charge in [0.1, 0.15) is 0 Å². The van der Waals surface area contributed by atoms with E-state index >= 15 is 0 Å². The number of hydrogen-bond acceptors (Lipinski definition) is 2. The normalized spacial score (nSPS) is 32.9. The van der Waals surface area contributed by atoms with E-state index in [9.17, 15) is 0 Å². The van der Waals surface area contributed by atoms with Gasteiger partial charge in [-0.15, -0.1) is 0 Å². The van der Waals surface area contributed by atoms with Gasteiger partial charge in [0.25, 0.3) is 0 Å². The maximum Gasteiger partial charge on any atom is 0.00157 e. The number of hydrogen-bond donors (Lipinski definition) is 0. The lowest BCUT2D eigenvalue weighted by Crippen LogP contribution is -2.48. The predicted molar refractivity (Wildman–Crippen MR) is 94.7 cm³/mol. The zero-order chi connectivity index (χ0) is 16.0. The first kappa shape index (κ1) is 19.0. The average Bonchev–Trinajstić information content (AvgIpc) is 2.45. The Morgan fingerprint density at radius 1 is 0.952 bits per heavy atom. The van der Waals surface area contributed by atoms with Crippen LogP contribution in [0.3, 0.4) is 0 Å². The first-order valence-corrected chi connectivity index (χ1v) is 9.38. The van der Waals surface area contributed by atoms with Crippen molar-refractivity contribution in [3.8, 4) is 0 Å². The van der Waals surface area contributed by atoms with Crippen molar-refractivity contribution in [2.75, 3.05) is 39.8 Å². The van der Waals surface area contributed by atoms with Gasteiger partial charge in [-0.3, -0.25) is 0 Å². The molecule has 0 N–H and O–H groups in total. The van der Waals surface area contributed by atoms with Gasteiger partial charge in [-0.05, 0) is 62.6 Å². The average molecular weight is 297 g/mol. The summed E-state index contributed by atoms with van der Waals surface area (Å²) in [5.41, 5.74) is 0. The monoisotopic (exact) mass is 296 g/mol. The lowest BCUT2D eigenvalue weighted by Gasteiger charge is -2.43. The largest absolute Gasteiger partial charge is 0.306 e. The van der Waals surface area contributed by atoms with Gasteiger partial charge in [0.2, 0.25) is 0 Å². The molecule has 126 valence electrons. The Hall–Kier alpha value is -0.0800. The van der Waals surface area contributed by atoms with E-state index in [0.29, 0.717) is 0 Å². The first-order chi connectivity index (χ1) is 9.97. The van der Waals surface area contributed by atoms with Crippen LogP contribution in [-0.2, 0) is 0 Å². The number of likely N-dealkylation sites (tertiary alicyclic amines) is 2. The van der Waals surface area contributed by atoms with Crippen molar-refractivity contribution in [3.63, 3.8) is 0 Å². The molecule has 2 nitrogen and oxygen atoms in total. The van der Waals surface area contributed by atoms with Crippen molar-refractivity contribution in [2.24, 2.45) is 29.6 Å². The summed E-state index contributed by atoms with van der Waals surface area (Å²) in [7, 11) is 2.28. The van der Waals surface area contributed by atoms with Crippen LogP contribution in [0.5, 0.6) is 0 Å². The molecule has 0 radical (unpaired) electrons. The van der Waals surface area contributed by atoms with E-state index in [2.05, 4.69) is 44.5 Å². The smallest absolute Gasteiger partial charge is 0.00157 e. The third-order valence-corrected chi connectivity index (χ3v) is 5.71. The molecule has 0 bridgehead atoms. The van der Waals surface area contributed by atoms with Gasteiger partial charge in [-0.25, -0.2) is 0 Å². The Kier molecular flexibility index (Phi) is 8.26. The third-order valence-electron chi connectivity index (χ3n) is 5.71. The summed E-state index contributed by atoms with van der Waals surface area (Å²) in [6.45, 7) is 20.3. The second-order valence-electron chi connectivity index (χ2n) is 7.72. The summed E-state index contributed by atoms with van der Waals surface area (Å²) in [5.74, 6) is 4.48. The molecule has 3 atom stereocenters. The van der Waals surface area contributed by atoms with Crippen LogP contribution < -0.4 is 0 Å². The standard InChI is InChI=1S/C17H34N2.C2H6/c1-13(2)16-6-8-19(9-7-16)12-17-14(3)10-18(5)11-15(17)4;1-2/h13-17H,6-12H2,1-5H3;1-2H3/t14-,15+,17?;. The molecule has 2 aliphatic heterocycles. The summed E-state index contributed by atoms with van der Waals surface area (Å²) in [4.78, 5) is 5.26. The van der Waals surface area contributed by atoms with Gasteiger partial charge in [0, 0.05) is 19.6 Å². The Balaban J connectivity index is 0.00000106. The highest BCUT2D eigenvalue weighted by Crippen LogP contribution is 2.31. The molecule has 21 heavy (non-hydrogen) atoms. The van der Waals surface area contributed by atoms with Crippen LogP contribution >= 0.6 is 0 Å². The molecule has 2 saturated heterocycles. The second kappa shape index (κ2) is 9.15. The molecule has 2 heteroatoms. The van der Waals surface area contributed by atoms with Gasteiger partial charge < -0.3 is 9.80 Å². The fourth-order valence-electron chi connectivity index (χ4n) is 4.35. The zero-order valence-electron chi connectivity index (χ0n) is 15.7. The molecule has 0 aromatic carbocycles. The number of nitrogens with zero attached hydrogens (tertiary/aromatic N) is 2. The summed E-state index contributed by atoms with van der Waals surface area (Å²) < 4.78 is 0. The molecule has 2 aliphatic rings. The highest BCUT2D eigenvalue weighted by Gasteiger charge is 2.32. The predicted octanol–water partition coefficient (Wildman–Crippen LogP) is 4.21. The summed E-state index contributed by atoms with van der Waals surface area (Å²) in [6, 6.07) is 0. The number of rotatable bonds is 3. The topological polar surface area (TPSA) is 6.48 Å². The van der Waals surface area contributed by atoms with Crippen molar-refractivity contribution in [2.45, 2.75) is 54.4 Å². The minimum absolute atomic E-state index is 0.858. The van der Waals surface area contributed by atoms with Crippen LogP contribution in [0.25, 0.3) is 0 Å². The van der Waals surface area contributed by atoms with Crippen LogP contribution in [0.4, 0.5) is 0 Å². The fourth-order valence-corrected chi connectivity index (χ4v) is 4.35. The molecule has 0 aromatic heterocycles. The van der Waals surface area contributed by atoms with Gasteiger partial charge in [-0.1, -0.05) is 41.5 Å². The molecular weight excluding hydrogens is 256 g/mol. The van der Waals surface area contributed by atoms with E-state index in [4.69, 9.17) is 0 Å². The fraction of sp³-hybridized carbons (Fsp3) is 1.00. The van der Waals surface area contributed by atoms with Crippen LogP contribution in [0.1, 0.15) is 54.4 Å². The SMILES string of the molecule is CC.CC(C)C1CCN(CC2[C@H](C)CN(C)C[C@@H]2C)CC1. The molecule has 2 rings (SSSR count). The maximum atomic E-state index is 2.75. The molecule has 0 saturated carbocycles. The lowest BCUT2D eigenvalue weighted by atomic mass is 9.78. The van der Waals surface area contributed by atoms with E-state index in [1.807, 2.05) is 13.8 Å². The Bertz CT molecular complexity index is 257. The van der Waals surface area contributed by atoms with E-state index in [1.165, 1.54) is 45.6 Å². The Labute approximate surface area is 134 Å². The molecule has 2 heterocycles. The zero-order valence-corrected chi connectivity index (χ0v) is 15.7. The molecule has 1 unspecified atom stereocenters. The van der Waals surface area contributed by atoms with Crippen molar-refractivity contribution >= 4 is 0 Å². The van der Waals surface area contributed by atoms with Crippen molar-refractivity contribution in [1.29, 1.82) is 0 Å². The van der Waals surface area contributed by atoms with Crippen molar-refractivity contribution in [1.82, 2.24) is 9.80 Å². The van der Waals surface area contributed by atoms with E-state index in [1.54, 1.807) is 0 Å². The highest BCUT2D eigenvalue weighted by molar-refractivity contribution is 4.85. The third kappa shape index (κ3) is 5.56. The van der Waals surface area contributed by atoms with Gasteiger partial charge in [0.05, 0.1) is 0 Å². The molecule has 0 aliphatic carbocycles. The molecule has 2 fully saturated rings. The van der Waals surface area contributed by atoms with Crippen LogP contribution in [-0.4, -0.2) is 49.6 Å². The summed E-state index contributed by atoms with van der Waals surface area (Å²) >= 11 is 0. The van der Waals surface area contributed by atoms with Crippen molar-refractivity contribution in [3.05, 3.63) is 0 Å². The molecule has 0 amide bonds. The highest BCUT2D eigenvalue weighted by atomic mass is 15.1. The molecule has 0 aromatic rings. The lowest BCUT2D eigenvalue weighted by molar-refractivity contribution is 0.0507. The Morgan fingerprint density at radius 2 is 1.43 bits per heavy atom. The van der Waals surface area contributed by atoms with E-state index in [0.717, 1.165) is 29.6 Å². The van der Waals surface area contributed by atoms with Gasteiger partial charge in [-0.2, -0.15) is 0 Å². The van der Waals surface area contributed by atoms with Crippen LogP contribution in [0, 0.1) is 29.6 Å². The minimum Gasteiger partial charge on any atom is -0.306 e. The molecular formula is C19H40N2. The van der Waals surface area contributed by atoms with Crippen LogP contribution in [0.2, 0.25) is 0 Å². The molecule has 0 spiro atoms. The minimum atomic E-state index is 0.858.